The highest BCUT2D eigenvalue weighted by atomic mass is 16.2. The average molecular weight is 683 g/mol. The lowest BCUT2D eigenvalue weighted by Crippen LogP contribution is -2.33. The van der Waals surface area contributed by atoms with Gasteiger partial charge in [0, 0.05) is 24.2 Å². The Balaban J connectivity index is 1.70. The molecule has 0 aromatic heterocycles. The molecule has 2 unspecified atom stereocenters. The normalized spacial score (nSPS) is 17.5. The smallest absolute Gasteiger partial charge is 0.259 e. The first-order valence-electron chi connectivity index (χ1n) is 20.4. The van der Waals surface area contributed by atoms with E-state index in [0.29, 0.717) is 36.1 Å². The molecule has 2 amide bonds. The van der Waals surface area contributed by atoms with Crippen LogP contribution in [-0.2, 0) is 20.4 Å². The highest BCUT2D eigenvalue weighted by Gasteiger charge is 2.43. The molecule has 2 aliphatic rings. The van der Waals surface area contributed by atoms with Crippen molar-refractivity contribution in [1.29, 1.82) is 0 Å². The number of fused-ring (bicyclic) bond motifs is 2. The molecule has 0 bridgehead atoms. The van der Waals surface area contributed by atoms with E-state index in [-0.39, 0.29) is 22.6 Å². The van der Waals surface area contributed by atoms with Crippen molar-refractivity contribution in [3.63, 3.8) is 0 Å². The Bertz CT molecular complexity index is 1370. The molecule has 0 aliphatic carbocycles. The third kappa shape index (κ3) is 9.71. The van der Waals surface area contributed by atoms with Gasteiger partial charge in [-0.05, 0) is 58.8 Å². The van der Waals surface area contributed by atoms with Gasteiger partial charge < -0.3 is 9.80 Å². The van der Waals surface area contributed by atoms with E-state index < -0.39 is 0 Å². The first-order chi connectivity index (χ1) is 23.7. The van der Waals surface area contributed by atoms with E-state index in [2.05, 4.69) is 106 Å². The lowest BCUT2D eigenvalue weighted by molar-refractivity contribution is -0.114. The summed E-state index contributed by atoms with van der Waals surface area (Å²) in [5, 5.41) is 0. The third-order valence-corrected chi connectivity index (χ3v) is 11.1. The van der Waals surface area contributed by atoms with Crippen molar-refractivity contribution in [3.8, 4) is 0 Å². The Morgan fingerprint density at radius 2 is 0.860 bits per heavy atom. The number of nitrogens with zero attached hydrogens (tertiary/aromatic N) is 2. The summed E-state index contributed by atoms with van der Waals surface area (Å²) in [5.41, 5.74) is 7.25. The molecule has 0 saturated carbocycles. The number of anilines is 2. The average Bonchev–Trinajstić information content (AvgIpc) is 3.47. The molecule has 4 nitrogen and oxygen atoms in total. The van der Waals surface area contributed by atoms with Crippen LogP contribution in [0.5, 0.6) is 0 Å². The van der Waals surface area contributed by atoms with Crippen molar-refractivity contribution in [3.05, 3.63) is 58.7 Å². The number of unbranched alkanes of at least 4 members (excludes halogenated alkanes) is 10. The second-order valence-electron chi connectivity index (χ2n) is 17.9. The maximum Gasteiger partial charge on any atom is 0.259 e. The quantitative estimate of drug-likeness (QED) is 0.116. The number of carbonyl (C=O) groups excluding carboxylic acids is 2. The van der Waals surface area contributed by atoms with E-state index in [1.165, 1.54) is 88.2 Å². The molecule has 0 radical (unpaired) electrons. The summed E-state index contributed by atoms with van der Waals surface area (Å²) in [5.74, 6) is 0.718. The second kappa shape index (κ2) is 17.6. The van der Waals surface area contributed by atoms with E-state index in [1.54, 1.807) is 0 Å². The van der Waals surface area contributed by atoms with Crippen molar-refractivity contribution in [2.24, 2.45) is 11.8 Å². The first kappa shape index (κ1) is 39.9. The topological polar surface area (TPSA) is 40.6 Å². The summed E-state index contributed by atoms with van der Waals surface area (Å²) >= 11 is 0. The van der Waals surface area contributed by atoms with Crippen LogP contribution < -0.4 is 9.80 Å². The van der Waals surface area contributed by atoms with E-state index in [9.17, 15) is 9.59 Å². The third-order valence-electron chi connectivity index (χ3n) is 11.1. The molecule has 4 rings (SSSR count). The van der Waals surface area contributed by atoms with Crippen molar-refractivity contribution in [2.45, 2.75) is 170 Å². The van der Waals surface area contributed by atoms with Crippen LogP contribution in [0.15, 0.2) is 36.4 Å². The molecule has 2 heterocycles. The van der Waals surface area contributed by atoms with E-state index in [0.717, 1.165) is 35.3 Å². The summed E-state index contributed by atoms with van der Waals surface area (Å²) in [6.45, 7) is 23.8. The maximum absolute atomic E-state index is 14.8. The highest BCUT2D eigenvalue weighted by Crippen LogP contribution is 2.49. The molecule has 2 atom stereocenters. The van der Waals surface area contributed by atoms with Gasteiger partial charge in [-0.1, -0.05) is 171 Å². The molecule has 2 aliphatic heterocycles. The maximum atomic E-state index is 14.8. The second-order valence-corrected chi connectivity index (χ2v) is 17.9. The van der Waals surface area contributed by atoms with Gasteiger partial charge in [0.25, 0.3) is 11.8 Å². The van der Waals surface area contributed by atoms with Crippen LogP contribution in [0.3, 0.4) is 0 Å². The molecule has 2 aromatic rings. The van der Waals surface area contributed by atoms with Crippen LogP contribution >= 0.6 is 0 Å². The summed E-state index contributed by atoms with van der Waals surface area (Å²) in [6.07, 6.45) is 17.5. The molecule has 0 spiro atoms. The monoisotopic (exact) mass is 683 g/mol. The number of rotatable bonds is 18. The van der Waals surface area contributed by atoms with Crippen LogP contribution in [0.4, 0.5) is 11.4 Å². The molecule has 4 heteroatoms. The van der Waals surface area contributed by atoms with Gasteiger partial charge in [0.15, 0.2) is 0 Å². The Kier molecular flexibility index (Phi) is 14.0. The van der Waals surface area contributed by atoms with Crippen LogP contribution in [-0.4, -0.2) is 24.9 Å². The standard InChI is InChI=1S/C46H70N2O2/c1-11-13-15-17-19-21-23-33(3)31-47-39-29-35(45(5,6)7)25-27-37(39)41(43(47)49)42-38-28-26-36(46(8,9)10)30-40(38)48(44(42)50)32-34(4)24-22-20-18-16-14-12-2/h25-30,33-34H,11-24,31-32H2,1-10H3/b42-41+. The fraction of sp³-hybridized carbons (Fsp3) is 0.652. The Morgan fingerprint density at radius 1 is 0.520 bits per heavy atom. The van der Waals surface area contributed by atoms with Gasteiger partial charge >= 0.3 is 0 Å². The van der Waals surface area contributed by atoms with Gasteiger partial charge in [0.05, 0.1) is 22.5 Å². The molecule has 0 N–H and O–H groups in total. The Hall–Kier alpha value is -2.88. The van der Waals surface area contributed by atoms with Gasteiger partial charge in [-0.2, -0.15) is 0 Å². The fourth-order valence-electron chi connectivity index (χ4n) is 7.78. The fourth-order valence-corrected chi connectivity index (χ4v) is 7.78. The molecular formula is C46H70N2O2. The minimum Gasteiger partial charge on any atom is -0.307 e. The predicted molar refractivity (Wildman–Crippen MR) is 216 cm³/mol. The predicted octanol–water partition coefficient (Wildman–Crippen LogP) is 12.7. The van der Waals surface area contributed by atoms with Crippen LogP contribution in [0.1, 0.15) is 181 Å². The minimum atomic E-state index is -0.0498. The lowest BCUT2D eigenvalue weighted by atomic mass is 9.84. The van der Waals surface area contributed by atoms with Gasteiger partial charge in [0.1, 0.15) is 0 Å². The number of benzene rings is 2. The summed E-state index contributed by atoms with van der Waals surface area (Å²) in [6, 6.07) is 13.0. The zero-order valence-corrected chi connectivity index (χ0v) is 33.6. The van der Waals surface area contributed by atoms with E-state index in [4.69, 9.17) is 0 Å². The summed E-state index contributed by atoms with van der Waals surface area (Å²) in [7, 11) is 0. The van der Waals surface area contributed by atoms with Crippen molar-refractivity contribution in [2.75, 3.05) is 22.9 Å². The van der Waals surface area contributed by atoms with Crippen LogP contribution in [0.2, 0.25) is 0 Å². The zero-order chi connectivity index (χ0) is 36.6. The van der Waals surface area contributed by atoms with Gasteiger partial charge in [-0.15, -0.1) is 0 Å². The van der Waals surface area contributed by atoms with E-state index >= 15 is 0 Å². The summed E-state index contributed by atoms with van der Waals surface area (Å²) in [4.78, 5) is 33.5. The number of carbonyl (C=O) groups is 2. The van der Waals surface area contributed by atoms with Gasteiger partial charge in [-0.25, -0.2) is 0 Å². The molecule has 2 aromatic carbocycles. The van der Waals surface area contributed by atoms with E-state index in [1.807, 2.05) is 9.80 Å². The first-order valence-corrected chi connectivity index (χ1v) is 20.4. The molecule has 0 fully saturated rings. The van der Waals surface area contributed by atoms with Crippen molar-refractivity contribution >= 4 is 34.3 Å². The molecule has 50 heavy (non-hydrogen) atoms. The van der Waals surface area contributed by atoms with Crippen molar-refractivity contribution < 1.29 is 9.59 Å². The number of hydrogen-bond acceptors (Lipinski definition) is 2. The Morgan fingerprint density at radius 3 is 1.20 bits per heavy atom. The zero-order valence-electron chi connectivity index (χ0n) is 33.6. The van der Waals surface area contributed by atoms with Crippen LogP contribution in [0, 0.1) is 11.8 Å². The van der Waals surface area contributed by atoms with Crippen LogP contribution in [0.25, 0.3) is 11.1 Å². The summed E-state index contributed by atoms with van der Waals surface area (Å²) < 4.78 is 0. The van der Waals surface area contributed by atoms with Crippen molar-refractivity contribution in [1.82, 2.24) is 0 Å². The SMILES string of the molecule is CCCCCCCCC(C)CN1C(=O)/C(=C2/C(=O)N(CC(C)CCCCCCCC)c3cc(C(C)(C)C)ccc32)c2ccc(C(C)(C)C)cc21. The number of amides is 2. The lowest BCUT2D eigenvalue weighted by Gasteiger charge is -2.25. The van der Waals surface area contributed by atoms with Gasteiger partial charge in [-0.3, -0.25) is 9.59 Å². The number of hydrogen-bond donors (Lipinski definition) is 0. The molecular weight excluding hydrogens is 613 g/mol. The largest absolute Gasteiger partial charge is 0.307 e. The molecule has 0 saturated heterocycles. The van der Waals surface area contributed by atoms with Gasteiger partial charge in [0.2, 0.25) is 0 Å². The Labute approximate surface area is 306 Å². The minimum absolute atomic E-state index is 0.0166. The molecule has 276 valence electrons. The highest BCUT2D eigenvalue weighted by molar-refractivity contribution is 6.49.